The smallest absolute Gasteiger partial charge is 0.220 e. The summed E-state index contributed by atoms with van der Waals surface area (Å²) in [5.74, 6) is 1.25. The van der Waals surface area contributed by atoms with Crippen molar-refractivity contribution in [3.8, 4) is 0 Å². The van der Waals surface area contributed by atoms with Crippen LogP contribution in [0.5, 0.6) is 0 Å². The molecule has 106 valence electrons. The lowest BCUT2D eigenvalue weighted by molar-refractivity contribution is -0.122. The number of alkyl halides is 1. The van der Waals surface area contributed by atoms with Gasteiger partial charge in [-0.15, -0.1) is 0 Å². The van der Waals surface area contributed by atoms with Gasteiger partial charge in [-0.2, -0.15) is 0 Å². The van der Waals surface area contributed by atoms with Crippen molar-refractivity contribution in [1.29, 1.82) is 0 Å². The molecule has 0 aliphatic heterocycles. The highest BCUT2D eigenvalue weighted by molar-refractivity contribution is 9.09. The SMILES string of the molecule is CC(CC(=O)NCC1CCCCC1Br)C(C)(C)C. The third kappa shape index (κ3) is 5.29. The summed E-state index contributed by atoms with van der Waals surface area (Å²) in [7, 11) is 0. The molecular formula is C15H28BrNO. The van der Waals surface area contributed by atoms with Crippen molar-refractivity contribution >= 4 is 21.8 Å². The third-order valence-corrected chi connectivity index (χ3v) is 5.55. The van der Waals surface area contributed by atoms with Crippen LogP contribution in [0, 0.1) is 17.3 Å². The molecule has 0 aromatic heterocycles. The van der Waals surface area contributed by atoms with Gasteiger partial charge in [0.1, 0.15) is 0 Å². The van der Waals surface area contributed by atoms with Gasteiger partial charge in [-0.1, -0.05) is 56.5 Å². The molecule has 1 fully saturated rings. The van der Waals surface area contributed by atoms with Gasteiger partial charge in [-0.25, -0.2) is 0 Å². The number of halogens is 1. The van der Waals surface area contributed by atoms with Crippen LogP contribution < -0.4 is 5.32 Å². The van der Waals surface area contributed by atoms with E-state index in [1.807, 2.05) is 0 Å². The van der Waals surface area contributed by atoms with Gasteiger partial charge < -0.3 is 5.32 Å². The molecule has 3 atom stereocenters. The number of hydrogen-bond acceptors (Lipinski definition) is 1. The maximum Gasteiger partial charge on any atom is 0.220 e. The highest BCUT2D eigenvalue weighted by atomic mass is 79.9. The van der Waals surface area contributed by atoms with E-state index < -0.39 is 0 Å². The summed E-state index contributed by atoms with van der Waals surface area (Å²) in [6.07, 6.45) is 5.76. The molecule has 0 saturated heterocycles. The summed E-state index contributed by atoms with van der Waals surface area (Å²) in [4.78, 5) is 12.5. The van der Waals surface area contributed by atoms with Crippen molar-refractivity contribution in [2.24, 2.45) is 17.3 Å². The van der Waals surface area contributed by atoms with Gasteiger partial charge >= 0.3 is 0 Å². The fraction of sp³-hybridized carbons (Fsp3) is 0.933. The number of carbonyl (C=O) groups is 1. The average molecular weight is 318 g/mol. The zero-order chi connectivity index (χ0) is 13.8. The molecule has 1 amide bonds. The van der Waals surface area contributed by atoms with Crippen LogP contribution in [0.2, 0.25) is 0 Å². The maximum atomic E-state index is 11.9. The number of amides is 1. The highest BCUT2D eigenvalue weighted by Gasteiger charge is 2.25. The van der Waals surface area contributed by atoms with Crippen LogP contribution in [0.4, 0.5) is 0 Å². The molecule has 2 nitrogen and oxygen atoms in total. The van der Waals surface area contributed by atoms with Gasteiger partial charge in [-0.3, -0.25) is 4.79 Å². The Bertz CT molecular complexity index is 272. The Morgan fingerprint density at radius 2 is 1.94 bits per heavy atom. The van der Waals surface area contributed by atoms with Crippen LogP contribution in [0.3, 0.4) is 0 Å². The number of nitrogens with one attached hydrogen (secondary N) is 1. The number of hydrogen-bond donors (Lipinski definition) is 1. The lowest BCUT2D eigenvalue weighted by Gasteiger charge is -2.29. The summed E-state index contributed by atoms with van der Waals surface area (Å²) in [6, 6.07) is 0. The van der Waals surface area contributed by atoms with Gasteiger partial charge in [0.25, 0.3) is 0 Å². The first-order chi connectivity index (χ1) is 8.30. The molecule has 1 aliphatic rings. The van der Waals surface area contributed by atoms with E-state index in [0.29, 0.717) is 23.1 Å². The molecule has 1 saturated carbocycles. The summed E-state index contributed by atoms with van der Waals surface area (Å²) in [5, 5.41) is 3.12. The fourth-order valence-electron chi connectivity index (χ4n) is 2.29. The minimum Gasteiger partial charge on any atom is -0.356 e. The second kappa shape index (κ2) is 6.93. The number of rotatable bonds is 4. The van der Waals surface area contributed by atoms with E-state index in [-0.39, 0.29) is 11.3 Å². The predicted octanol–water partition coefficient (Wildman–Crippen LogP) is 4.13. The molecule has 3 heteroatoms. The summed E-state index contributed by atoms with van der Waals surface area (Å²) < 4.78 is 0. The summed E-state index contributed by atoms with van der Waals surface area (Å²) in [6.45, 7) is 9.58. The minimum absolute atomic E-state index is 0.208. The van der Waals surface area contributed by atoms with Crippen molar-refractivity contribution in [1.82, 2.24) is 5.32 Å². The van der Waals surface area contributed by atoms with E-state index in [1.165, 1.54) is 25.7 Å². The van der Waals surface area contributed by atoms with E-state index >= 15 is 0 Å². The van der Waals surface area contributed by atoms with Crippen LogP contribution in [0.1, 0.15) is 59.8 Å². The summed E-state index contributed by atoms with van der Waals surface area (Å²) >= 11 is 3.74. The van der Waals surface area contributed by atoms with E-state index in [2.05, 4.69) is 48.9 Å². The van der Waals surface area contributed by atoms with Gasteiger partial charge in [0.05, 0.1) is 0 Å². The minimum atomic E-state index is 0.208. The Morgan fingerprint density at radius 3 is 2.50 bits per heavy atom. The van der Waals surface area contributed by atoms with Crippen molar-refractivity contribution in [2.75, 3.05) is 6.54 Å². The molecule has 1 N–H and O–H groups in total. The van der Waals surface area contributed by atoms with Crippen molar-refractivity contribution in [3.05, 3.63) is 0 Å². The Labute approximate surface area is 120 Å². The van der Waals surface area contributed by atoms with Gasteiger partial charge in [0.15, 0.2) is 0 Å². The molecule has 1 rings (SSSR count). The number of carbonyl (C=O) groups excluding carboxylic acids is 1. The molecule has 1 aliphatic carbocycles. The van der Waals surface area contributed by atoms with Crippen molar-refractivity contribution < 1.29 is 4.79 Å². The Kier molecular flexibility index (Phi) is 6.16. The van der Waals surface area contributed by atoms with Crippen molar-refractivity contribution in [3.63, 3.8) is 0 Å². The first kappa shape index (κ1) is 16.0. The molecule has 0 heterocycles. The van der Waals surface area contributed by atoms with Crippen LogP contribution in [-0.2, 0) is 4.79 Å². The lowest BCUT2D eigenvalue weighted by atomic mass is 9.80. The zero-order valence-corrected chi connectivity index (χ0v) is 13.8. The van der Waals surface area contributed by atoms with Gasteiger partial charge in [-0.05, 0) is 30.1 Å². The maximum absolute atomic E-state index is 11.9. The van der Waals surface area contributed by atoms with Crippen LogP contribution >= 0.6 is 15.9 Å². The topological polar surface area (TPSA) is 29.1 Å². The molecule has 0 bridgehead atoms. The van der Waals surface area contributed by atoms with Crippen LogP contribution in [0.25, 0.3) is 0 Å². The van der Waals surface area contributed by atoms with Gasteiger partial charge in [0, 0.05) is 17.8 Å². The van der Waals surface area contributed by atoms with E-state index in [4.69, 9.17) is 0 Å². The van der Waals surface area contributed by atoms with Crippen LogP contribution in [-0.4, -0.2) is 17.3 Å². The standard InChI is InChI=1S/C15H28BrNO/c1-11(15(2,3)4)9-14(18)17-10-12-7-5-6-8-13(12)16/h11-13H,5-10H2,1-4H3,(H,17,18). The molecule has 0 aromatic carbocycles. The third-order valence-electron chi connectivity index (χ3n) is 4.35. The quantitative estimate of drug-likeness (QED) is 0.776. The molecule has 18 heavy (non-hydrogen) atoms. The monoisotopic (exact) mass is 317 g/mol. The first-order valence-electron chi connectivity index (χ1n) is 7.21. The highest BCUT2D eigenvalue weighted by Crippen LogP contribution is 2.30. The van der Waals surface area contributed by atoms with Crippen LogP contribution in [0.15, 0.2) is 0 Å². The van der Waals surface area contributed by atoms with E-state index in [9.17, 15) is 4.79 Å². The van der Waals surface area contributed by atoms with Gasteiger partial charge in [0.2, 0.25) is 5.91 Å². The second-order valence-corrected chi connectivity index (χ2v) is 8.01. The second-order valence-electron chi connectivity index (χ2n) is 6.84. The fourth-order valence-corrected chi connectivity index (χ4v) is 3.07. The molecule has 3 unspecified atom stereocenters. The average Bonchev–Trinajstić information content (AvgIpc) is 2.26. The Balaban J connectivity index is 2.28. The largest absolute Gasteiger partial charge is 0.356 e. The predicted molar refractivity (Wildman–Crippen MR) is 80.9 cm³/mol. The first-order valence-corrected chi connectivity index (χ1v) is 8.13. The molecular weight excluding hydrogens is 290 g/mol. The molecule has 0 spiro atoms. The summed E-state index contributed by atoms with van der Waals surface area (Å²) in [5.41, 5.74) is 0.208. The normalized spacial score (nSPS) is 26.7. The van der Waals surface area contributed by atoms with E-state index in [0.717, 1.165) is 6.54 Å². The van der Waals surface area contributed by atoms with E-state index in [1.54, 1.807) is 0 Å². The van der Waals surface area contributed by atoms with Crippen molar-refractivity contribution in [2.45, 2.75) is 64.6 Å². The molecule has 0 aromatic rings. The lowest BCUT2D eigenvalue weighted by Crippen LogP contribution is -2.36. The zero-order valence-electron chi connectivity index (χ0n) is 12.3. The Morgan fingerprint density at radius 1 is 1.33 bits per heavy atom. The Hall–Kier alpha value is -0.0500. The molecule has 0 radical (unpaired) electrons.